The van der Waals surface area contributed by atoms with Gasteiger partial charge in [0.25, 0.3) is 0 Å². The predicted molar refractivity (Wildman–Crippen MR) is 95.3 cm³/mol. The molecule has 1 N–H and O–H groups in total. The summed E-state index contributed by atoms with van der Waals surface area (Å²) in [6.45, 7) is 9.17. The SMILES string of the molecule is CC(C)C[C@@H](c1cccc(Br)c1)N1CCNCC1.Cl.Cl. The molecule has 0 radical (unpaired) electrons. The van der Waals surface area contributed by atoms with Crippen LogP contribution in [0.15, 0.2) is 28.7 Å². The highest BCUT2D eigenvalue weighted by atomic mass is 79.9. The van der Waals surface area contributed by atoms with Crippen molar-refractivity contribution < 1.29 is 0 Å². The Labute approximate surface area is 143 Å². The molecule has 1 aromatic carbocycles. The van der Waals surface area contributed by atoms with E-state index < -0.39 is 0 Å². The van der Waals surface area contributed by atoms with Crippen molar-refractivity contribution in [1.82, 2.24) is 10.2 Å². The predicted octanol–water partition coefficient (Wildman–Crippen LogP) is 4.29. The third-order valence-electron chi connectivity index (χ3n) is 3.52. The number of benzene rings is 1. The lowest BCUT2D eigenvalue weighted by Crippen LogP contribution is -2.45. The van der Waals surface area contributed by atoms with Gasteiger partial charge in [0.1, 0.15) is 0 Å². The Kier molecular flexibility index (Phi) is 10.1. The van der Waals surface area contributed by atoms with Gasteiger partial charge in [-0.25, -0.2) is 0 Å². The topological polar surface area (TPSA) is 15.3 Å². The third-order valence-corrected chi connectivity index (χ3v) is 4.01. The summed E-state index contributed by atoms with van der Waals surface area (Å²) < 4.78 is 1.18. The molecule has 0 amide bonds. The monoisotopic (exact) mass is 382 g/mol. The van der Waals surface area contributed by atoms with Gasteiger partial charge in [-0.15, -0.1) is 24.8 Å². The van der Waals surface area contributed by atoms with Crippen molar-refractivity contribution >= 4 is 40.7 Å². The Bertz CT molecular complexity index is 382. The average molecular weight is 384 g/mol. The average Bonchev–Trinajstić information content (AvgIpc) is 2.37. The van der Waals surface area contributed by atoms with Crippen LogP contribution in [0.4, 0.5) is 0 Å². The van der Waals surface area contributed by atoms with E-state index >= 15 is 0 Å². The molecule has 1 saturated heterocycles. The molecule has 0 bridgehead atoms. The smallest absolute Gasteiger partial charge is 0.0352 e. The van der Waals surface area contributed by atoms with Gasteiger partial charge in [-0.1, -0.05) is 41.9 Å². The first-order valence-electron chi connectivity index (χ1n) is 6.87. The molecular formula is C15H25BrCl2N2. The summed E-state index contributed by atoms with van der Waals surface area (Å²) in [4.78, 5) is 2.62. The van der Waals surface area contributed by atoms with Crippen LogP contribution in [0, 0.1) is 5.92 Å². The Balaban J connectivity index is 0.00000180. The second-order valence-corrected chi connectivity index (χ2v) is 6.40. The maximum absolute atomic E-state index is 3.59. The van der Waals surface area contributed by atoms with E-state index in [0.29, 0.717) is 6.04 Å². The summed E-state index contributed by atoms with van der Waals surface area (Å²) in [6.07, 6.45) is 1.23. The van der Waals surface area contributed by atoms with Gasteiger partial charge in [-0.3, -0.25) is 4.90 Å². The number of hydrogen-bond donors (Lipinski definition) is 1. The molecule has 1 aromatic rings. The van der Waals surface area contributed by atoms with Crippen molar-refractivity contribution in [1.29, 1.82) is 0 Å². The van der Waals surface area contributed by atoms with E-state index in [4.69, 9.17) is 0 Å². The number of halogens is 3. The zero-order chi connectivity index (χ0) is 13.0. The van der Waals surface area contributed by atoms with Crippen LogP contribution in [0.5, 0.6) is 0 Å². The Morgan fingerprint density at radius 1 is 1.20 bits per heavy atom. The molecule has 0 aromatic heterocycles. The molecule has 0 unspecified atom stereocenters. The van der Waals surface area contributed by atoms with Crippen LogP contribution < -0.4 is 5.32 Å². The molecule has 2 rings (SSSR count). The van der Waals surface area contributed by atoms with E-state index in [1.165, 1.54) is 16.5 Å². The van der Waals surface area contributed by atoms with E-state index in [9.17, 15) is 0 Å². The Morgan fingerprint density at radius 3 is 2.40 bits per heavy atom. The molecule has 20 heavy (non-hydrogen) atoms. The fraction of sp³-hybridized carbons (Fsp3) is 0.600. The van der Waals surface area contributed by atoms with Gasteiger partial charge < -0.3 is 5.32 Å². The summed E-state index contributed by atoms with van der Waals surface area (Å²) in [6, 6.07) is 9.35. The summed E-state index contributed by atoms with van der Waals surface area (Å²) in [5, 5.41) is 3.43. The number of nitrogens with one attached hydrogen (secondary N) is 1. The summed E-state index contributed by atoms with van der Waals surface area (Å²) in [5.74, 6) is 0.726. The van der Waals surface area contributed by atoms with E-state index in [1.54, 1.807) is 0 Å². The molecule has 1 fully saturated rings. The zero-order valence-electron chi connectivity index (χ0n) is 12.1. The normalized spacial score (nSPS) is 17.2. The molecule has 0 aliphatic carbocycles. The third kappa shape index (κ3) is 5.90. The van der Waals surface area contributed by atoms with Gasteiger partial charge in [0.2, 0.25) is 0 Å². The van der Waals surface area contributed by atoms with Crippen LogP contribution in [-0.2, 0) is 0 Å². The van der Waals surface area contributed by atoms with Crippen LogP contribution in [0.25, 0.3) is 0 Å². The lowest BCUT2D eigenvalue weighted by atomic mass is 9.95. The maximum Gasteiger partial charge on any atom is 0.0352 e. The minimum Gasteiger partial charge on any atom is -0.314 e. The van der Waals surface area contributed by atoms with Gasteiger partial charge in [0, 0.05) is 36.7 Å². The molecule has 5 heteroatoms. The first kappa shape index (κ1) is 20.2. The minimum absolute atomic E-state index is 0. The lowest BCUT2D eigenvalue weighted by Gasteiger charge is -2.36. The molecule has 1 atom stereocenters. The molecule has 2 nitrogen and oxygen atoms in total. The molecule has 1 aliphatic heterocycles. The number of rotatable bonds is 4. The molecule has 1 aliphatic rings. The van der Waals surface area contributed by atoms with Crippen LogP contribution in [0.2, 0.25) is 0 Å². The number of nitrogens with zero attached hydrogens (tertiary/aromatic N) is 1. The second kappa shape index (κ2) is 10.0. The number of piperazine rings is 1. The van der Waals surface area contributed by atoms with Crippen LogP contribution >= 0.6 is 40.7 Å². The fourth-order valence-electron chi connectivity index (χ4n) is 2.65. The van der Waals surface area contributed by atoms with Crippen molar-refractivity contribution in [2.75, 3.05) is 26.2 Å². The molecule has 116 valence electrons. The zero-order valence-corrected chi connectivity index (χ0v) is 15.4. The standard InChI is InChI=1S/C15H23BrN2.2ClH/c1-12(2)10-15(18-8-6-17-7-9-18)13-4-3-5-14(16)11-13;;/h3-5,11-12,15,17H,6-10H2,1-2H3;2*1H/t15-;;/m0../s1. The van der Waals surface area contributed by atoms with Gasteiger partial charge in [-0.05, 0) is 30.0 Å². The quantitative estimate of drug-likeness (QED) is 0.834. The Hall–Kier alpha value is 0.200. The first-order valence-corrected chi connectivity index (χ1v) is 7.66. The largest absolute Gasteiger partial charge is 0.314 e. The van der Waals surface area contributed by atoms with Crippen molar-refractivity contribution in [3.8, 4) is 0 Å². The van der Waals surface area contributed by atoms with Crippen LogP contribution in [0.3, 0.4) is 0 Å². The number of hydrogen-bond acceptors (Lipinski definition) is 2. The second-order valence-electron chi connectivity index (χ2n) is 5.49. The Morgan fingerprint density at radius 2 is 1.85 bits per heavy atom. The van der Waals surface area contributed by atoms with E-state index in [0.717, 1.165) is 32.1 Å². The summed E-state index contributed by atoms with van der Waals surface area (Å²) >= 11 is 3.59. The molecule has 1 heterocycles. The van der Waals surface area contributed by atoms with Crippen LogP contribution in [-0.4, -0.2) is 31.1 Å². The maximum atomic E-state index is 3.59. The summed E-state index contributed by atoms with van der Waals surface area (Å²) in [5.41, 5.74) is 1.44. The van der Waals surface area contributed by atoms with Crippen molar-refractivity contribution in [2.24, 2.45) is 5.92 Å². The van der Waals surface area contributed by atoms with Gasteiger partial charge in [0.15, 0.2) is 0 Å². The van der Waals surface area contributed by atoms with E-state index in [-0.39, 0.29) is 24.8 Å². The highest BCUT2D eigenvalue weighted by Crippen LogP contribution is 2.29. The highest BCUT2D eigenvalue weighted by molar-refractivity contribution is 9.10. The minimum atomic E-state index is 0. The first-order chi connectivity index (χ1) is 8.66. The van der Waals surface area contributed by atoms with Gasteiger partial charge in [-0.2, -0.15) is 0 Å². The molecule has 0 saturated carbocycles. The van der Waals surface area contributed by atoms with Crippen molar-refractivity contribution in [3.05, 3.63) is 34.3 Å². The lowest BCUT2D eigenvalue weighted by molar-refractivity contribution is 0.154. The van der Waals surface area contributed by atoms with Crippen molar-refractivity contribution in [3.63, 3.8) is 0 Å². The summed E-state index contributed by atoms with van der Waals surface area (Å²) in [7, 11) is 0. The van der Waals surface area contributed by atoms with Gasteiger partial charge in [0.05, 0.1) is 0 Å². The molecular weight excluding hydrogens is 359 g/mol. The van der Waals surface area contributed by atoms with E-state index in [2.05, 4.69) is 64.3 Å². The van der Waals surface area contributed by atoms with Gasteiger partial charge >= 0.3 is 0 Å². The molecule has 0 spiro atoms. The van der Waals surface area contributed by atoms with Crippen LogP contribution in [0.1, 0.15) is 31.9 Å². The van der Waals surface area contributed by atoms with E-state index in [1.807, 2.05) is 0 Å². The highest BCUT2D eigenvalue weighted by Gasteiger charge is 2.22. The van der Waals surface area contributed by atoms with Crippen molar-refractivity contribution in [2.45, 2.75) is 26.3 Å². The fourth-order valence-corrected chi connectivity index (χ4v) is 3.07.